The van der Waals surface area contributed by atoms with Gasteiger partial charge in [0.1, 0.15) is 12.1 Å². The smallest absolute Gasteiger partial charge is 0.258 e. The van der Waals surface area contributed by atoms with Crippen LogP contribution in [0.4, 0.5) is 4.39 Å². The number of thiazole rings is 1. The maximum absolute atomic E-state index is 14.3. The Bertz CT molecular complexity index is 1140. The summed E-state index contributed by atoms with van der Waals surface area (Å²) in [6.45, 7) is 5.41. The first kappa shape index (κ1) is 26.6. The van der Waals surface area contributed by atoms with Gasteiger partial charge < -0.3 is 20.6 Å². The van der Waals surface area contributed by atoms with Crippen LogP contribution in [0.15, 0.2) is 29.8 Å². The molecule has 8 nitrogen and oxygen atoms in total. The third-order valence-electron chi connectivity index (χ3n) is 6.62. The van der Waals surface area contributed by atoms with E-state index in [-0.39, 0.29) is 32.4 Å². The Labute approximate surface area is 219 Å². The van der Waals surface area contributed by atoms with Crippen molar-refractivity contribution >= 4 is 41.7 Å². The predicted octanol–water partition coefficient (Wildman–Crippen LogP) is 2.39. The fraction of sp³-hybridized carbons (Fsp3) is 0.520. The number of nitrogens with one attached hydrogen (secondary N) is 2. The minimum atomic E-state index is -1.95. The minimum absolute atomic E-state index is 0.0587. The number of halogens is 1. The first-order valence-corrected chi connectivity index (χ1v) is 13.2. The van der Waals surface area contributed by atoms with Crippen molar-refractivity contribution in [1.82, 2.24) is 20.5 Å². The number of aromatic nitrogens is 1. The number of aliphatic hydroxyl groups is 1. The van der Waals surface area contributed by atoms with Gasteiger partial charge in [-0.25, -0.2) is 9.37 Å². The number of aryl methyl sites for hydroxylation is 1. The van der Waals surface area contributed by atoms with Crippen LogP contribution >= 0.6 is 24.0 Å². The van der Waals surface area contributed by atoms with Crippen molar-refractivity contribution in [2.75, 3.05) is 6.54 Å². The van der Waals surface area contributed by atoms with Crippen LogP contribution in [0.3, 0.4) is 0 Å². The van der Waals surface area contributed by atoms with Crippen LogP contribution in [0.5, 0.6) is 0 Å². The molecular formula is C25H31FN4O4S2. The predicted molar refractivity (Wildman–Crippen MR) is 138 cm³/mol. The molecule has 0 radical (unpaired) electrons. The van der Waals surface area contributed by atoms with E-state index in [1.807, 2.05) is 31.2 Å². The molecule has 1 aromatic carbocycles. The second-order valence-electron chi connectivity index (χ2n) is 10.1. The Morgan fingerprint density at radius 1 is 1.31 bits per heavy atom. The quantitative estimate of drug-likeness (QED) is 0.389. The minimum Gasteiger partial charge on any atom is -0.391 e. The molecule has 3 amide bonds. The Balaban J connectivity index is 1.42. The van der Waals surface area contributed by atoms with Gasteiger partial charge in [0.2, 0.25) is 11.8 Å². The summed E-state index contributed by atoms with van der Waals surface area (Å²) in [4.78, 5) is 45.4. The van der Waals surface area contributed by atoms with Crippen LogP contribution in [0.25, 0.3) is 10.4 Å². The molecule has 1 aliphatic heterocycles. The summed E-state index contributed by atoms with van der Waals surface area (Å²) < 4.78 is 13.2. The molecule has 0 bridgehead atoms. The summed E-state index contributed by atoms with van der Waals surface area (Å²) in [5, 5.41) is 15.6. The van der Waals surface area contributed by atoms with E-state index in [9.17, 15) is 23.9 Å². The van der Waals surface area contributed by atoms with Crippen molar-refractivity contribution < 1.29 is 23.9 Å². The number of thiol groups is 1. The highest BCUT2D eigenvalue weighted by molar-refractivity contribution is 7.81. The number of hydrogen-bond acceptors (Lipinski definition) is 7. The molecule has 1 unspecified atom stereocenters. The molecule has 11 heteroatoms. The number of β-amino-alcohol motifs (C(OH)–C–C–N with tert-alkyl or cyclic N) is 1. The van der Waals surface area contributed by atoms with Gasteiger partial charge in [0.15, 0.2) is 5.67 Å². The third kappa shape index (κ3) is 5.73. The first-order chi connectivity index (χ1) is 16.9. The molecule has 2 heterocycles. The van der Waals surface area contributed by atoms with Gasteiger partial charge in [0, 0.05) is 24.3 Å². The van der Waals surface area contributed by atoms with Gasteiger partial charge in [-0.05, 0) is 44.7 Å². The summed E-state index contributed by atoms with van der Waals surface area (Å²) in [6.07, 6.45) is -0.584. The van der Waals surface area contributed by atoms with Crippen LogP contribution in [0, 0.1) is 6.92 Å². The van der Waals surface area contributed by atoms with Crippen LogP contribution < -0.4 is 10.6 Å². The molecule has 4 rings (SSSR count). The summed E-state index contributed by atoms with van der Waals surface area (Å²) in [6, 6.07) is 5.70. The maximum atomic E-state index is 14.3. The van der Waals surface area contributed by atoms with Crippen LogP contribution in [0.2, 0.25) is 0 Å². The van der Waals surface area contributed by atoms with Crippen molar-refractivity contribution in [2.45, 2.75) is 75.2 Å². The van der Waals surface area contributed by atoms with Crippen molar-refractivity contribution in [1.29, 1.82) is 0 Å². The van der Waals surface area contributed by atoms with E-state index < -0.39 is 46.3 Å². The lowest BCUT2D eigenvalue weighted by atomic mass is 10.0. The number of benzene rings is 1. The first-order valence-electron chi connectivity index (χ1n) is 11.9. The number of amides is 3. The van der Waals surface area contributed by atoms with Gasteiger partial charge in [-0.15, -0.1) is 11.3 Å². The van der Waals surface area contributed by atoms with Gasteiger partial charge in [-0.3, -0.25) is 14.4 Å². The average Bonchev–Trinajstić information content (AvgIpc) is 3.23. The SMILES string of the molecule is Cc1ncsc1-c1ccc(CNC(=O)[C@H]2C[C@@H](O)CN2C(=O)C(NC(=O)C2(F)CC2)C(C)(C)S)cc1. The lowest BCUT2D eigenvalue weighted by Gasteiger charge is -2.35. The number of nitrogens with zero attached hydrogens (tertiary/aromatic N) is 2. The normalized spacial score (nSPS) is 21.7. The van der Waals surface area contributed by atoms with E-state index in [2.05, 4.69) is 28.2 Å². The number of hydrogen-bond donors (Lipinski definition) is 4. The zero-order valence-corrected chi connectivity index (χ0v) is 22.2. The Hall–Kier alpha value is -2.50. The zero-order chi connectivity index (χ0) is 26.3. The van der Waals surface area contributed by atoms with Crippen molar-refractivity contribution in [3.05, 3.63) is 41.0 Å². The van der Waals surface area contributed by atoms with Crippen LogP contribution in [-0.2, 0) is 20.9 Å². The topological polar surface area (TPSA) is 112 Å². The summed E-state index contributed by atoms with van der Waals surface area (Å²) in [5.74, 6) is -1.83. The number of carbonyl (C=O) groups is 3. The average molecular weight is 535 g/mol. The van der Waals surface area contributed by atoms with E-state index in [0.29, 0.717) is 0 Å². The van der Waals surface area contributed by atoms with E-state index in [0.717, 1.165) is 21.7 Å². The molecule has 2 aromatic rings. The number of carbonyl (C=O) groups excluding carboxylic acids is 3. The van der Waals surface area contributed by atoms with Crippen LogP contribution in [0.1, 0.15) is 44.4 Å². The molecule has 2 fully saturated rings. The monoisotopic (exact) mass is 534 g/mol. The molecule has 1 aromatic heterocycles. The molecule has 1 aliphatic carbocycles. The number of aliphatic hydroxyl groups excluding tert-OH is 1. The van der Waals surface area contributed by atoms with E-state index in [1.54, 1.807) is 30.7 Å². The molecule has 36 heavy (non-hydrogen) atoms. The summed E-state index contributed by atoms with van der Waals surface area (Å²) in [5.41, 5.74) is 2.74. The highest BCUT2D eigenvalue weighted by Crippen LogP contribution is 2.40. The van der Waals surface area contributed by atoms with E-state index >= 15 is 0 Å². The summed E-state index contributed by atoms with van der Waals surface area (Å²) >= 11 is 6.02. The Kier molecular flexibility index (Phi) is 7.45. The molecule has 1 saturated carbocycles. The van der Waals surface area contributed by atoms with Gasteiger partial charge >= 0.3 is 0 Å². The highest BCUT2D eigenvalue weighted by atomic mass is 32.1. The van der Waals surface area contributed by atoms with Gasteiger partial charge in [-0.2, -0.15) is 12.6 Å². The fourth-order valence-electron chi connectivity index (χ4n) is 4.27. The second-order valence-corrected chi connectivity index (χ2v) is 12.1. The molecule has 1 saturated heterocycles. The van der Waals surface area contributed by atoms with Crippen molar-refractivity contribution in [3.8, 4) is 10.4 Å². The molecule has 0 spiro atoms. The lowest BCUT2D eigenvalue weighted by Crippen LogP contribution is -2.60. The largest absolute Gasteiger partial charge is 0.391 e. The van der Waals surface area contributed by atoms with E-state index in [1.165, 1.54) is 4.90 Å². The standard InChI is InChI=1S/C25H31FN4O4S2/c1-14-19(36-13-28-14)16-6-4-15(5-7-16)11-27-21(32)18-10-17(31)12-30(18)22(33)20(24(2,3)35)29-23(34)25(26)8-9-25/h4-7,13,17-18,20,31,35H,8-12H2,1-3H3,(H,27,32)(H,29,34)/t17-,18-,20?/m1/s1. The zero-order valence-electron chi connectivity index (χ0n) is 20.5. The number of rotatable bonds is 8. The summed E-state index contributed by atoms with van der Waals surface area (Å²) in [7, 11) is 0. The number of alkyl halides is 1. The fourth-order valence-corrected chi connectivity index (χ4v) is 5.26. The van der Waals surface area contributed by atoms with Gasteiger partial charge in [0.25, 0.3) is 5.91 Å². The Morgan fingerprint density at radius 2 is 1.97 bits per heavy atom. The highest BCUT2D eigenvalue weighted by Gasteiger charge is 2.53. The molecular weight excluding hydrogens is 503 g/mol. The van der Waals surface area contributed by atoms with Gasteiger partial charge in [0.05, 0.1) is 22.2 Å². The van der Waals surface area contributed by atoms with Crippen molar-refractivity contribution in [2.24, 2.45) is 0 Å². The maximum Gasteiger partial charge on any atom is 0.258 e. The lowest BCUT2D eigenvalue weighted by molar-refractivity contribution is -0.143. The Morgan fingerprint density at radius 3 is 2.53 bits per heavy atom. The molecule has 3 atom stereocenters. The van der Waals surface area contributed by atoms with Crippen molar-refractivity contribution in [3.63, 3.8) is 0 Å². The molecule has 194 valence electrons. The number of likely N-dealkylation sites (tertiary alicyclic amines) is 1. The second kappa shape index (κ2) is 10.1. The molecule has 3 N–H and O–H groups in total. The molecule has 2 aliphatic rings. The van der Waals surface area contributed by atoms with Crippen LogP contribution in [-0.4, -0.2) is 67.9 Å². The van der Waals surface area contributed by atoms with Gasteiger partial charge in [-0.1, -0.05) is 24.3 Å². The van der Waals surface area contributed by atoms with E-state index in [4.69, 9.17) is 0 Å². The third-order valence-corrected chi connectivity index (χ3v) is 7.85.